The number of carbonyl (C=O) groups excluding carboxylic acids is 1. The molecule has 4 heteroatoms. The van der Waals surface area contributed by atoms with Crippen LogP contribution in [0.5, 0.6) is 0 Å². The Labute approximate surface area is 121 Å². The van der Waals surface area contributed by atoms with Crippen LogP contribution in [-0.2, 0) is 11.3 Å². The highest BCUT2D eigenvalue weighted by molar-refractivity contribution is 9.10. The van der Waals surface area contributed by atoms with E-state index in [1.54, 1.807) is 0 Å². The molecule has 0 aliphatic heterocycles. The van der Waals surface area contributed by atoms with Crippen molar-refractivity contribution in [2.75, 3.05) is 5.88 Å². The first-order chi connectivity index (χ1) is 8.63. The Morgan fingerprint density at radius 2 is 2.17 bits per heavy atom. The van der Waals surface area contributed by atoms with Crippen molar-refractivity contribution >= 4 is 33.4 Å². The molecule has 1 saturated carbocycles. The summed E-state index contributed by atoms with van der Waals surface area (Å²) in [4.78, 5) is 14.3. The van der Waals surface area contributed by atoms with Crippen molar-refractivity contribution < 1.29 is 4.79 Å². The Kier molecular flexibility index (Phi) is 4.68. The van der Waals surface area contributed by atoms with Gasteiger partial charge in [0.15, 0.2) is 0 Å². The third-order valence-corrected chi connectivity index (χ3v) is 4.46. The molecule has 1 aromatic rings. The van der Waals surface area contributed by atoms with E-state index in [4.69, 9.17) is 11.6 Å². The van der Waals surface area contributed by atoms with E-state index in [9.17, 15) is 4.79 Å². The molecule has 1 fully saturated rings. The first-order valence-corrected chi connectivity index (χ1v) is 7.56. The minimum Gasteiger partial charge on any atom is -0.335 e. The van der Waals surface area contributed by atoms with Crippen LogP contribution in [0.25, 0.3) is 0 Å². The van der Waals surface area contributed by atoms with Crippen LogP contribution in [0.2, 0.25) is 0 Å². The van der Waals surface area contributed by atoms with E-state index in [0.717, 1.165) is 22.9 Å². The minimum absolute atomic E-state index is 0.102. The van der Waals surface area contributed by atoms with Gasteiger partial charge in [0, 0.05) is 28.9 Å². The van der Waals surface area contributed by atoms with Gasteiger partial charge in [-0.25, -0.2) is 0 Å². The fraction of sp³-hybridized carbons (Fsp3) is 0.500. The van der Waals surface area contributed by atoms with Gasteiger partial charge in [0.2, 0.25) is 5.91 Å². The number of carbonyl (C=O) groups is 1. The molecule has 1 atom stereocenters. The van der Waals surface area contributed by atoms with Crippen LogP contribution < -0.4 is 0 Å². The van der Waals surface area contributed by atoms with E-state index in [0.29, 0.717) is 18.5 Å². The second kappa shape index (κ2) is 6.07. The van der Waals surface area contributed by atoms with Crippen LogP contribution in [0.1, 0.15) is 25.3 Å². The van der Waals surface area contributed by atoms with Crippen molar-refractivity contribution in [1.82, 2.24) is 4.90 Å². The molecular weight excluding hydrogens is 314 g/mol. The lowest BCUT2D eigenvalue weighted by atomic mass is 10.1. The number of hydrogen-bond donors (Lipinski definition) is 0. The second-order valence-corrected chi connectivity index (χ2v) is 6.01. The summed E-state index contributed by atoms with van der Waals surface area (Å²) in [6, 6.07) is 8.46. The average molecular weight is 331 g/mol. The van der Waals surface area contributed by atoms with Crippen molar-refractivity contribution in [2.24, 2.45) is 5.92 Å². The van der Waals surface area contributed by atoms with E-state index in [1.165, 1.54) is 0 Å². The molecule has 1 unspecified atom stereocenters. The molecule has 0 spiro atoms. The molecule has 0 aromatic heterocycles. The highest BCUT2D eigenvalue weighted by Gasteiger charge is 2.34. The molecule has 0 bridgehead atoms. The lowest BCUT2D eigenvalue weighted by Crippen LogP contribution is -2.37. The summed E-state index contributed by atoms with van der Waals surface area (Å²) >= 11 is 9.33. The number of nitrogens with zero attached hydrogens (tertiary/aromatic N) is 1. The smallest absolute Gasteiger partial charge is 0.227 e. The van der Waals surface area contributed by atoms with Gasteiger partial charge in [-0.15, -0.1) is 11.6 Å². The lowest BCUT2D eigenvalue weighted by Gasteiger charge is -2.25. The van der Waals surface area contributed by atoms with Gasteiger partial charge >= 0.3 is 0 Å². The maximum Gasteiger partial charge on any atom is 0.227 e. The molecule has 1 amide bonds. The normalized spacial score (nSPS) is 16.4. The first-order valence-electron chi connectivity index (χ1n) is 6.23. The van der Waals surface area contributed by atoms with Gasteiger partial charge in [0.1, 0.15) is 0 Å². The second-order valence-electron chi connectivity index (χ2n) is 4.84. The summed E-state index contributed by atoms with van der Waals surface area (Å²) in [5, 5.41) is 0. The summed E-state index contributed by atoms with van der Waals surface area (Å²) in [6.07, 6.45) is 2.23. The zero-order chi connectivity index (χ0) is 13.1. The lowest BCUT2D eigenvalue weighted by molar-refractivity contribution is -0.135. The number of rotatable bonds is 5. The molecule has 0 radical (unpaired) electrons. The Morgan fingerprint density at radius 3 is 2.72 bits per heavy atom. The Bertz CT molecular complexity index is 434. The fourth-order valence-corrected chi connectivity index (χ4v) is 2.47. The largest absolute Gasteiger partial charge is 0.335 e. The van der Waals surface area contributed by atoms with Gasteiger partial charge in [-0.3, -0.25) is 4.79 Å². The van der Waals surface area contributed by atoms with Crippen molar-refractivity contribution in [3.05, 3.63) is 34.3 Å². The van der Waals surface area contributed by atoms with Gasteiger partial charge < -0.3 is 4.90 Å². The Hall–Kier alpha value is -0.540. The maximum atomic E-state index is 12.3. The standard InChI is InChI=1S/C14H17BrClNO/c1-10(8-16)14(18)17(12-6-7-12)9-11-4-2-3-5-13(11)15/h2-5,10,12H,6-9H2,1H3. The van der Waals surface area contributed by atoms with Gasteiger partial charge in [-0.1, -0.05) is 41.1 Å². The molecule has 1 aliphatic rings. The molecule has 1 aromatic carbocycles. The number of hydrogen-bond acceptors (Lipinski definition) is 1. The Balaban J connectivity index is 2.12. The van der Waals surface area contributed by atoms with E-state index in [-0.39, 0.29) is 11.8 Å². The summed E-state index contributed by atoms with van der Waals surface area (Å²) in [5.41, 5.74) is 1.15. The monoisotopic (exact) mass is 329 g/mol. The Morgan fingerprint density at radius 1 is 1.50 bits per heavy atom. The molecular formula is C14H17BrClNO. The van der Waals surface area contributed by atoms with Crippen molar-refractivity contribution in [2.45, 2.75) is 32.4 Å². The molecule has 0 saturated heterocycles. The molecule has 18 heavy (non-hydrogen) atoms. The van der Waals surface area contributed by atoms with Gasteiger partial charge in [0.25, 0.3) is 0 Å². The fourth-order valence-electron chi connectivity index (χ4n) is 1.93. The number of alkyl halides is 1. The van der Waals surface area contributed by atoms with E-state index >= 15 is 0 Å². The third-order valence-electron chi connectivity index (χ3n) is 3.22. The summed E-state index contributed by atoms with van der Waals surface area (Å²) < 4.78 is 1.06. The highest BCUT2D eigenvalue weighted by atomic mass is 79.9. The third kappa shape index (κ3) is 3.27. The zero-order valence-electron chi connectivity index (χ0n) is 10.4. The molecule has 2 rings (SSSR count). The van der Waals surface area contributed by atoms with E-state index < -0.39 is 0 Å². The average Bonchev–Trinajstić information content (AvgIpc) is 3.20. The molecule has 98 valence electrons. The van der Waals surface area contributed by atoms with Crippen LogP contribution >= 0.6 is 27.5 Å². The van der Waals surface area contributed by atoms with Crippen LogP contribution in [-0.4, -0.2) is 22.7 Å². The maximum absolute atomic E-state index is 12.3. The van der Waals surface area contributed by atoms with Crippen molar-refractivity contribution in [3.63, 3.8) is 0 Å². The number of halogens is 2. The van der Waals surface area contributed by atoms with Gasteiger partial charge in [-0.2, -0.15) is 0 Å². The summed E-state index contributed by atoms with van der Waals surface area (Å²) in [6.45, 7) is 2.57. The topological polar surface area (TPSA) is 20.3 Å². The predicted octanol–water partition coefficient (Wildman–Crippen LogP) is 3.82. The van der Waals surface area contributed by atoms with Crippen molar-refractivity contribution in [3.8, 4) is 0 Å². The molecule has 0 heterocycles. The van der Waals surface area contributed by atoms with Crippen LogP contribution in [0.4, 0.5) is 0 Å². The quantitative estimate of drug-likeness (QED) is 0.752. The molecule has 1 aliphatic carbocycles. The van der Waals surface area contributed by atoms with Gasteiger partial charge in [-0.05, 0) is 24.5 Å². The minimum atomic E-state index is -0.102. The summed E-state index contributed by atoms with van der Waals surface area (Å²) in [5.74, 6) is 0.455. The highest BCUT2D eigenvalue weighted by Crippen LogP contribution is 2.31. The first kappa shape index (κ1) is 13.9. The van der Waals surface area contributed by atoms with E-state index in [2.05, 4.69) is 22.0 Å². The van der Waals surface area contributed by atoms with Crippen LogP contribution in [0, 0.1) is 5.92 Å². The zero-order valence-corrected chi connectivity index (χ0v) is 12.7. The molecule has 0 N–H and O–H groups in total. The number of amides is 1. The summed E-state index contributed by atoms with van der Waals surface area (Å²) in [7, 11) is 0. The SMILES string of the molecule is CC(CCl)C(=O)N(Cc1ccccc1Br)C1CC1. The predicted molar refractivity (Wildman–Crippen MR) is 77.6 cm³/mol. The van der Waals surface area contributed by atoms with E-state index in [1.807, 2.05) is 30.0 Å². The number of benzene rings is 1. The van der Waals surface area contributed by atoms with Crippen LogP contribution in [0.15, 0.2) is 28.7 Å². The molecule has 2 nitrogen and oxygen atoms in total. The van der Waals surface area contributed by atoms with Gasteiger partial charge in [0.05, 0.1) is 0 Å². The van der Waals surface area contributed by atoms with Crippen LogP contribution in [0.3, 0.4) is 0 Å². The van der Waals surface area contributed by atoms with Crippen molar-refractivity contribution in [1.29, 1.82) is 0 Å².